The van der Waals surface area contributed by atoms with Gasteiger partial charge < -0.3 is 5.11 Å². The topological polar surface area (TPSA) is 91.7 Å². The van der Waals surface area contributed by atoms with Crippen LogP contribution in [0.3, 0.4) is 0 Å². The van der Waals surface area contributed by atoms with Crippen LogP contribution in [0.1, 0.15) is 64.7 Å². The fourth-order valence-corrected chi connectivity index (χ4v) is 2.46. The fourth-order valence-electron chi connectivity index (χ4n) is 1.90. The molecule has 0 radical (unpaired) electrons. The van der Waals surface area contributed by atoms with Gasteiger partial charge in [0.05, 0.1) is 5.75 Å². The third kappa shape index (κ3) is 13.5. The summed E-state index contributed by atoms with van der Waals surface area (Å²) in [6, 6.07) is 0. The van der Waals surface area contributed by atoms with Crippen LogP contribution in [0.15, 0.2) is 11.6 Å². The van der Waals surface area contributed by atoms with Gasteiger partial charge in [0.1, 0.15) is 0 Å². The lowest BCUT2D eigenvalue weighted by molar-refractivity contribution is -0.132. The SMILES string of the molecule is CC(=CCCCCCCCCCCS(=O)(=O)O)C(=O)O. The van der Waals surface area contributed by atoms with E-state index in [0.717, 1.165) is 51.4 Å². The standard InChI is InChI=1S/C14H26O5S/c1-13(14(15)16)11-9-7-5-3-2-4-6-8-10-12-20(17,18)19/h11H,2-10,12H2,1H3,(H,15,16)(H,17,18,19). The Balaban J connectivity index is 3.30. The van der Waals surface area contributed by atoms with Crippen molar-refractivity contribution < 1.29 is 22.9 Å². The van der Waals surface area contributed by atoms with E-state index in [1.165, 1.54) is 0 Å². The summed E-state index contributed by atoms with van der Waals surface area (Å²) in [5.41, 5.74) is 0.406. The smallest absolute Gasteiger partial charge is 0.330 e. The highest BCUT2D eigenvalue weighted by Gasteiger charge is 2.02. The van der Waals surface area contributed by atoms with Gasteiger partial charge in [-0.2, -0.15) is 8.42 Å². The van der Waals surface area contributed by atoms with Gasteiger partial charge in [-0.25, -0.2) is 4.79 Å². The van der Waals surface area contributed by atoms with Crippen LogP contribution >= 0.6 is 0 Å². The van der Waals surface area contributed by atoms with E-state index in [1.54, 1.807) is 13.0 Å². The summed E-state index contributed by atoms with van der Waals surface area (Å²) in [6.07, 6.45) is 10.3. The Kier molecular flexibility index (Phi) is 10.4. The van der Waals surface area contributed by atoms with Crippen LogP contribution in [-0.2, 0) is 14.9 Å². The highest BCUT2D eigenvalue weighted by molar-refractivity contribution is 7.85. The third-order valence-corrected chi connectivity index (χ3v) is 3.95. The number of aliphatic carboxylic acids is 1. The van der Waals surface area contributed by atoms with E-state index in [9.17, 15) is 13.2 Å². The first-order chi connectivity index (χ1) is 9.33. The zero-order valence-electron chi connectivity index (χ0n) is 12.2. The molecule has 6 heteroatoms. The Bertz CT molecular complexity index is 398. The summed E-state index contributed by atoms with van der Waals surface area (Å²) in [7, 11) is -3.79. The summed E-state index contributed by atoms with van der Waals surface area (Å²) in [6.45, 7) is 1.61. The second kappa shape index (κ2) is 10.9. The molecule has 0 aliphatic heterocycles. The van der Waals surface area contributed by atoms with Gasteiger partial charge in [-0.05, 0) is 26.2 Å². The molecule has 0 unspecified atom stereocenters. The van der Waals surface area contributed by atoms with Gasteiger partial charge in [-0.1, -0.05) is 44.6 Å². The van der Waals surface area contributed by atoms with E-state index in [4.69, 9.17) is 9.66 Å². The zero-order valence-corrected chi connectivity index (χ0v) is 13.0. The van der Waals surface area contributed by atoms with Crippen molar-refractivity contribution in [1.29, 1.82) is 0 Å². The third-order valence-electron chi connectivity index (χ3n) is 3.14. The van der Waals surface area contributed by atoms with E-state index in [1.807, 2.05) is 0 Å². The molecule has 0 aromatic rings. The molecule has 0 aromatic heterocycles. The number of unbranched alkanes of at least 4 members (excludes halogenated alkanes) is 8. The molecule has 118 valence electrons. The van der Waals surface area contributed by atoms with E-state index >= 15 is 0 Å². The molecule has 0 bridgehead atoms. The summed E-state index contributed by atoms with van der Waals surface area (Å²) < 4.78 is 29.5. The quantitative estimate of drug-likeness (QED) is 0.327. The maximum absolute atomic E-state index is 10.5. The van der Waals surface area contributed by atoms with Crippen molar-refractivity contribution in [3.63, 3.8) is 0 Å². The second-order valence-corrected chi connectivity index (χ2v) is 6.67. The van der Waals surface area contributed by atoms with Crippen LogP contribution in [0, 0.1) is 0 Å². The molecule has 2 N–H and O–H groups in total. The predicted molar refractivity (Wildman–Crippen MR) is 79.4 cm³/mol. The fraction of sp³-hybridized carbons (Fsp3) is 0.786. The Morgan fingerprint density at radius 3 is 1.85 bits per heavy atom. The van der Waals surface area contributed by atoms with Crippen molar-refractivity contribution in [1.82, 2.24) is 0 Å². The summed E-state index contributed by atoms with van der Waals surface area (Å²) in [5, 5.41) is 8.65. The molecule has 0 atom stereocenters. The highest BCUT2D eigenvalue weighted by atomic mass is 32.2. The minimum atomic E-state index is -3.79. The van der Waals surface area contributed by atoms with Crippen molar-refractivity contribution in [2.24, 2.45) is 0 Å². The maximum atomic E-state index is 10.5. The van der Waals surface area contributed by atoms with Gasteiger partial charge in [0, 0.05) is 5.57 Å². The minimum Gasteiger partial charge on any atom is -0.478 e. The Labute approximate surface area is 121 Å². The van der Waals surface area contributed by atoms with Gasteiger partial charge in [0.25, 0.3) is 10.1 Å². The first-order valence-electron chi connectivity index (χ1n) is 7.18. The Morgan fingerprint density at radius 2 is 1.40 bits per heavy atom. The first kappa shape index (κ1) is 19.1. The largest absolute Gasteiger partial charge is 0.478 e. The minimum absolute atomic E-state index is 0.137. The molecule has 0 saturated heterocycles. The first-order valence-corrected chi connectivity index (χ1v) is 8.79. The average molecular weight is 306 g/mol. The predicted octanol–water partition coefficient (Wildman–Crippen LogP) is 3.42. The van der Waals surface area contributed by atoms with Crippen LogP contribution in [0.2, 0.25) is 0 Å². The van der Waals surface area contributed by atoms with Crippen LogP contribution in [-0.4, -0.2) is 29.8 Å². The molecule has 0 rings (SSSR count). The molecule has 0 fully saturated rings. The van der Waals surface area contributed by atoms with Crippen LogP contribution in [0.4, 0.5) is 0 Å². The highest BCUT2D eigenvalue weighted by Crippen LogP contribution is 2.11. The molecule has 0 aliphatic carbocycles. The zero-order chi connectivity index (χ0) is 15.4. The van der Waals surface area contributed by atoms with E-state index in [-0.39, 0.29) is 5.75 Å². The van der Waals surface area contributed by atoms with Crippen LogP contribution in [0.5, 0.6) is 0 Å². The summed E-state index contributed by atoms with van der Waals surface area (Å²) in [5.74, 6) is -0.989. The number of carboxylic acid groups (broad SMARTS) is 1. The normalized spacial score (nSPS) is 12.6. The van der Waals surface area contributed by atoms with E-state index in [2.05, 4.69) is 0 Å². The lowest BCUT2D eigenvalue weighted by Crippen LogP contribution is -2.03. The molecule has 20 heavy (non-hydrogen) atoms. The Hall–Kier alpha value is -0.880. The van der Waals surface area contributed by atoms with Crippen LogP contribution < -0.4 is 0 Å². The van der Waals surface area contributed by atoms with Crippen molar-refractivity contribution in [2.75, 3.05) is 5.75 Å². The van der Waals surface area contributed by atoms with Gasteiger partial charge >= 0.3 is 5.97 Å². The number of rotatable bonds is 12. The van der Waals surface area contributed by atoms with E-state index in [0.29, 0.717) is 12.0 Å². The number of carbonyl (C=O) groups is 1. The summed E-state index contributed by atoms with van der Waals surface area (Å²) in [4.78, 5) is 10.5. The molecule has 0 heterocycles. The van der Waals surface area contributed by atoms with Crippen molar-refractivity contribution in [2.45, 2.75) is 64.7 Å². The molecular formula is C14H26O5S. The molecule has 0 aromatic carbocycles. The molecular weight excluding hydrogens is 280 g/mol. The summed E-state index contributed by atoms with van der Waals surface area (Å²) >= 11 is 0. The van der Waals surface area contributed by atoms with Gasteiger partial charge in [0.15, 0.2) is 0 Å². The maximum Gasteiger partial charge on any atom is 0.330 e. The second-order valence-electron chi connectivity index (χ2n) is 5.10. The lowest BCUT2D eigenvalue weighted by Gasteiger charge is -2.01. The number of allylic oxidation sites excluding steroid dienone is 1. The Morgan fingerprint density at radius 1 is 0.950 bits per heavy atom. The van der Waals surface area contributed by atoms with Gasteiger partial charge in [0.2, 0.25) is 0 Å². The average Bonchev–Trinajstić information content (AvgIpc) is 2.34. The van der Waals surface area contributed by atoms with E-state index < -0.39 is 16.1 Å². The molecule has 0 amide bonds. The van der Waals surface area contributed by atoms with Crippen molar-refractivity contribution >= 4 is 16.1 Å². The number of hydrogen-bond acceptors (Lipinski definition) is 3. The van der Waals surface area contributed by atoms with Crippen molar-refractivity contribution in [3.05, 3.63) is 11.6 Å². The number of carboxylic acids is 1. The molecule has 0 spiro atoms. The van der Waals surface area contributed by atoms with Gasteiger partial charge in [-0.3, -0.25) is 4.55 Å². The monoisotopic (exact) mass is 306 g/mol. The van der Waals surface area contributed by atoms with Gasteiger partial charge in [-0.15, -0.1) is 0 Å². The van der Waals surface area contributed by atoms with Crippen LogP contribution in [0.25, 0.3) is 0 Å². The van der Waals surface area contributed by atoms with Crippen molar-refractivity contribution in [3.8, 4) is 0 Å². The molecule has 5 nitrogen and oxygen atoms in total. The lowest BCUT2D eigenvalue weighted by atomic mass is 10.1. The number of hydrogen-bond donors (Lipinski definition) is 2. The molecule has 0 aliphatic rings. The molecule has 0 saturated carbocycles.